The number of aromatic nitrogens is 4. The van der Waals surface area contributed by atoms with Crippen molar-refractivity contribution in [2.24, 2.45) is 0 Å². The largest absolute Gasteiger partial charge is 0.440 e. The molecule has 3 aromatic heterocycles. The van der Waals surface area contributed by atoms with E-state index in [-0.39, 0.29) is 18.3 Å². The topological polar surface area (TPSA) is 85.8 Å². The van der Waals surface area contributed by atoms with Gasteiger partial charge in [-0.2, -0.15) is 0 Å². The lowest BCUT2D eigenvalue weighted by Crippen LogP contribution is -2.16. The minimum absolute atomic E-state index is 0.0992. The van der Waals surface area contributed by atoms with Gasteiger partial charge in [-0.1, -0.05) is 34.1 Å². The van der Waals surface area contributed by atoms with Gasteiger partial charge in [0.15, 0.2) is 0 Å². The molecule has 0 aliphatic rings. The minimum atomic E-state index is -0.240. The summed E-state index contributed by atoms with van der Waals surface area (Å²) in [6, 6.07) is 11.8. The van der Waals surface area contributed by atoms with Crippen molar-refractivity contribution in [2.45, 2.75) is 19.9 Å². The van der Waals surface area contributed by atoms with Gasteiger partial charge >= 0.3 is 0 Å². The van der Waals surface area contributed by atoms with Gasteiger partial charge in [-0.15, -0.1) is 16.4 Å². The van der Waals surface area contributed by atoms with Gasteiger partial charge in [0.1, 0.15) is 12.1 Å². The van der Waals surface area contributed by atoms with Crippen LogP contribution < -0.4 is 5.32 Å². The summed E-state index contributed by atoms with van der Waals surface area (Å²) < 4.78 is 8.37. The van der Waals surface area contributed by atoms with E-state index in [1.165, 1.54) is 0 Å². The molecule has 0 atom stereocenters. The number of hydrogen-bond acceptors (Lipinski definition) is 6. The van der Waals surface area contributed by atoms with Crippen molar-refractivity contribution < 1.29 is 9.21 Å². The Kier molecular flexibility index (Phi) is 5.36. The van der Waals surface area contributed by atoms with Crippen molar-refractivity contribution in [3.63, 3.8) is 0 Å². The van der Waals surface area contributed by atoms with Crippen LogP contribution in [-0.4, -0.2) is 25.7 Å². The highest BCUT2D eigenvalue weighted by molar-refractivity contribution is 9.10. The summed E-state index contributed by atoms with van der Waals surface area (Å²) in [5.74, 6) is 1.19. The third kappa shape index (κ3) is 4.37. The van der Waals surface area contributed by atoms with Crippen LogP contribution in [0.25, 0.3) is 10.8 Å². The summed E-state index contributed by atoms with van der Waals surface area (Å²) in [7, 11) is 0. The number of nitrogens with one attached hydrogen (secondary N) is 1. The first kappa shape index (κ1) is 18.6. The molecule has 28 heavy (non-hydrogen) atoms. The quantitative estimate of drug-likeness (QED) is 0.466. The molecule has 0 unspecified atom stereocenters. The third-order valence-electron chi connectivity index (χ3n) is 4.00. The maximum atomic E-state index is 12.4. The van der Waals surface area contributed by atoms with Crippen LogP contribution >= 0.6 is 27.3 Å². The van der Waals surface area contributed by atoms with E-state index >= 15 is 0 Å². The number of halogens is 1. The zero-order valence-electron chi connectivity index (χ0n) is 14.9. The summed E-state index contributed by atoms with van der Waals surface area (Å²) in [5, 5.41) is 8.96. The number of aryl methyl sites for hydroxylation is 1. The van der Waals surface area contributed by atoms with Gasteiger partial charge in [0, 0.05) is 4.47 Å². The molecule has 0 spiro atoms. The van der Waals surface area contributed by atoms with Crippen molar-refractivity contribution in [1.82, 2.24) is 19.7 Å². The zero-order chi connectivity index (χ0) is 19.5. The molecule has 4 aromatic rings. The molecule has 9 heteroatoms. The summed E-state index contributed by atoms with van der Waals surface area (Å²) in [5.41, 5.74) is 1.69. The van der Waals surface area contributed by atoms with E-state index in [9.17, 15) is 4.79 Å². The number of carbonyl (C=O) groups is 1. The molecule has 0 radical (unpaired) electrons. The molecule has 0 saturated carbocycles. The average molecular weight is 458 g/mol. The Hall–Kier alpha value is -2.78. The highest BCUT2D eigenvalue weighted by Gasteiger charge is 2.16. The van der Waals surface area contributed by atoms with E-state index in [4.69, 9.17) is 4.42 Å². The predicted octanol–water partition coefficient (Wildman–Crippen LogP) is 4.30. The Morgan fingerprint density at radius 3 is 2.86 bits per heavy atom. The normalized spacial score (nSPS) is 10.9. The molecular weight excluding hydrogens is 442 g/mol. The van der Waals surface area contributed by atoms with E-state index in [2.05, 4.69) is 36.3 Å². The second kappa shape index (κ2) is 8.07. The van der Waals surface area contributed by atoms with Crippen molar-refractivity contribution >= 4 is 39.1 Å². The van der Waals surface area contributed by atoms with Gasteiger partial charge in [-0.25, -0.2) is 14.6 Å². The monoisotopic (exact) mass is 457 g/mol. The fraction of sp³-hybridized carbons (Fsp3) is 0.158. The van der Waals surface area contributed by atoms with E-state index < -0.39 is 0 Å². The number of anilines is 1. The van der Waals surface area contributed by atoms with E-state index in [1.807, 2.05) is 41.8 Å². The first-order valence-corrected chi connectivity index (χ1v) is 10.2. The van der Waals surface area contributed by atoms with Crippen LogP contribution in [0.2, 0.25) is 0 Å². The van der Waals surface area contributed by atoms with Crippen LogP contribution in [0, 0.1) is 6.92 Å². The Morgan fingerprint density at radius 1 is 1.29 bits per heavy atom. The first-order chi connectivity index (χ1) is 13.6. The Morgan fingerprint density at radius 2 is 2.11 bits per heavy atom. The molecular formula is C19H16BrN5O2S. The summed E-state index contributed by atoms with van der Waals surface area (Å²) in [6.45, 7) is 2.38. The molecule has 1 aromatic carbocycles. The standard InChI is InChI=1S/C19H16BrN5O2S/c1-12-15(22-18(27-12)16-3-2-8-28-16)9-17(26)23-19-21-11-25(24-19)10-13-4-6-14(20)7-5-13/h2-8,11H,9-10H2,1H3,(H,23,24,26). The Balaban J connectivity index is 1.38. The van der Waals surface area contributed by atoms with Crippen LogP contribution in [-0.2, 0) is 17.8 Å². The van der Waals surface area contributed by atoms with Gasteiger partial charge in [0.2, 0.25) is 17.7 Å². The lowest BCUT2D eigenvalue weighted by Gasteiger charge is -2.01. The number of rotatable bonds is 6. The van der Waals surface area contributed by atoms with Gasteiger partial charge in [-0.3, -0.25) is 10.1 Å². The second-order valence-corrected chi connectivity index (χ2v) is 7.98. The molecule has 0 fully saturated rings. The molecule has 3 heterocycles. The maximum absolute atomic E-state index is 12.4. The molecule has 1 N–H and O–H groups in total. The zero-order valence-corrected chi connectivity index (χ0v) is 17.3. The molecule has 0 aliphatic heterocycles. The number of thiophene rings is 1. The average Bonchev–Trinajstić information content (AvgIpc) is 3.40. The highest BCUT2D eigenvalue weighted by atomic mass is 79.9. The molecule has 4 rings (SSSR count). The predicted molar refractivity (Wildman–Crippen MR) is 110 cm³/mol. The van der Waals surface area contributed by atoms with Crippen molar-refractivity contribution in [1.29, 1.82) is 0 Å². The Bertz CT molecular complexity index is 1090. The Labute approximate surface area is 173 Å². The highest BCUT2D eigenvalue weighted by Crippen LogP contribution is 2.26. The third-order valence-corrected chi connectivity index (χ3v) is 5.38. The van der Waals surface area contributed by atoms with Gasteiger partial charge < -0.3 is 4.42 Å². The number of benzene rings is 1. The number of carbonyl (C=O) groups excluding carboxylic acids is 1. The molecule has 0 saturated heterocycles. The summed E-state index contributed by atoms with van der Waals surface area (Å²) >= 11 is 4.95. The van der Waals surface area contributed by atoms with E-state index in [0.717, 1.165) is 14.9 Å². The molecule has 7 nitrogen and oxygen atoms in total. The van der Waals surface area contributed by atoms with Crippen LogP contribution in [0.5, 0.6) is 0 Å². The maximum Gasteiger partial charge on any atom is 0.248 e. The van der Waals surface area contributed by atoms with Gasteiger partial charge in [-0.05, 0) is 36.1 Å². The van der Waals surface area contributed by atoms with Crippen LogP contribution in [0.15, 0.2) is 57.0 Å². The van der Waals surface area contributed by atoms with E-state index in [0.29, 0.717) is 23.9 Å². The lowest BCUT2D eigenvalue weighted by atomic mass is 10.2. The van der Waals surface area contributed by atoms with Crippen LogP contribution in [0.1, 0.15) is 17.0 Å². The van der Waals surface area contributed by atoms with Crippen LogP contribution in [0.3, 0.4) is 0 Å². The number of oxazole rings is 1. The fourth-order valence-corrected chi connectivity index (χ4v) is 3.54. The van der Waals surface area contributed by atoms with Gasteiger partial charge in [0.25, 0.3) is 0 Å². The number of hydrogen-bond donors (Lipinski definition) is 1. The summed E-state index contributed by atoms with van der Waals surface area (Å²) in [4.78, 5) is 21.9. The van der Waals surface area contributed by atoms with Crippen molar-refractivity contribution in [3.8, 4) is 10.8 Å². The van der Waals surface area contributed by atoms with E-state index in [1.54, 1.807) is 29.3 Å². The van der Waals surface area contributed by atoms with Crippen molar-refractivity contribution in [2.75, 3.05) is 5.32 Å². The minimum Gasteiger partial charge on any atom is -0.440 e. The number of amides is 1. The van der Waals surface area contributed by atoms with Crippen LogP contribution in [0.4, 0.5) is 5.95 Å². The second-order valence-electron chi connectivity index (χ2n) is 6.12. The molecule has 142 valence electrons. The SMILES string of the molecule is Cc1oc(-c2cccs2)nc1CC(=O)Nc1ncn(Cc2ccc(Br)cc2)n1. The summed E-state index contributed by atoms with van der Waals surface area (Å²) in [6.07, 6.45) is 1.69. The number of nitrogens with zero attached hydrogens (tertiary/aromatic N) is 4. The molecule has 0 aliphatic carbocycles. The molecule has 0 bridgehead atoms. The van der Waals surface area contributed by atoms with Gasteiger partial charge in [0.05, 0.1) is 23.5 Å². The van der Waals surface area contributed by atoms with Crippen molar-refractivity contribution in [3.05, 3.63) is 69.6 Å². The first-order valence-electron chi connectivity index (χ1n) is 8.51. The fourth-order valence-electron chi connectivity index (χ4n) is 2.62. The smallest absolute Gasteiger partial charge is 0.248 e. The molecule has 1 amide bonds. The lowest BCUT2D eigenvalue weighted by molar-refractivity contribution is -0.115.